The summed E-state index contributed by atoms with van der Waals surface area (Å²) in [7, 11) is 3.75. The second-order valence-corrected chi connectivity index (χ2v) is 9.29. The van der Waals surface area contributed by atoms with Gasteiger partial charge in [-0.05, 0) is 31.2 Å². The minimum atomic E-state index is -0.0670. The molecular weight excluding hydrogens is 408 g/mol. The summed E-state index contributed by atoms with van der Waals surface area (Å²) in [6, 6.07) is 4.09. The summed E-state index contributed by atoms with van der Waals surface area (Å²) in [5, 5.41) is 11.7. The third-order valence-corrected chi connectivity index (χ3v) is 6.52. The molecule has 9 nitrogen and oxygen atoms in total. The summed E-state index contributed by atoms with van der Waals surface area (Å²) < 4.78 is 8.02. The monoisotopic (exact) mass is 432 g/mol. The molecule has 29 heavy (non-hydrogen) atoms. The van der Waals surface area contributed by atoms with Gasteiger partial charge in [-0.2, -0.15) is 15.0 Å². The summed E-state index contributed by atoms with van der Waals surface area (Å²) in [6.45, 7) is 3.59. The average Bonchev–Trinajstić information content (AvgIpc) is 3.44. The molecule has 1 saturated heterocycles. The van der Waals surface area contributed by atoms with Crippen LogP contribution in [0.15, 0.2) is 22.7 Å². The van der Waals surface area contributed by atoms with E-state index in [1.54, 1.807) is 23.1 Å². The molecule has 0 aromatic carbocycles. The van der Waals surface area contributed by atoms with Gasteiger partial charge in [-0.25, -0.2) is 0 Å². The Bertz CT molecular complexity index is 953. The SMILES string of the molecule is CC(Sc1nnc(-c2cccs2)n1CC1CCCO1)c1nc(N)nc(N(C)C)n1. The largest absolute Gasteiger partial charge is 0.376 e. The molecule has 3 aromatic rings. The van der Waals surface area contributed by atoms with E-state index in [4.69, 9.17) is 10.5 Å². The number of nitrogens with zero attached hydrogens (tertiary/aromatic N) is 7. The fraction of sp³-hybridized carbons (Fsp3) is 0.500. The van der Waals surface area contributed by atoms with Crippen molar-refractivity contribution in [1.29, 1.82) is 0 Å². The van der Waals surface area contributed by atoms with Gasteiger partial charge in [-0.1, -0.05) is 17.8 Å². The third kappa shape index (κ3) is 4.51. The lowest BCUT2D eigenvalue weighted by atomic mass is 10.2. The van der Waals surface area contributed by atoms with E-state index in [1.807, 2.05) is 37.4 Å². The quantitative estimate of drug-likeness (QED) is 0.564. The molecule has 0 bridgehead atoms. The zero-order valence-corrected chi connectivity index (χ0v) is 18.3. The van der Waals surface area contributed by atoms with Gasteiger partial charge in [0.05, 0.1) is 22.8 Å². The maximum absolute atomic E-state index is 5.89. The van der Waals surface area contributed by atoms with Gasteiger partial charge in [0.1, 0.15) is 5.82 Å². The van der Waals surface area contributed by atoms with Gasteiger partial charge < -0.3 is 15.4 Å². The Hall–Kier alpha value is -2.24. The van der Waals surface area contributed by atoms with Crippen LogP contribution in [0.2, 0.25) is 0 Å². The van der Waals surface area contributed by atoms with Gasteiger partial charge in [-0.15, -0.1) is 21.5 Å². The Morgan fingerprint density at radius 3 is 2.90 bits per heavy atom. The molecule has 0 aliphatic carbocycles. The first-order valence-electron chi connectivity index (χ1n) is 9.45. The maximum atomic E-state index is 5.89. The molecule has 1 fully saturated rings. The van der Waals surface area contributed by atoms with E-state index in [0.717, 1.165) is 41.9 Å². The Morgan fingerprint density at radius 2 is 2.21 bits per heavy atom. The number of thiophene rings is 1. The van der Waals surface area contributed by atoms with E-state index in [-0.39, 0.29) is 17.3 Å². The number of thioether (sulfide) groups is 1. The van der Waals surface area contributed by atoms with Crippen LogP contribution >= 0.6 is 23.1 Å². The van der Waals surface area contributed by atoms with Gasteiger partial charge in [0.15, 0.2) is 11.0 Å². The van der Waals surface area contributed by atoms with Crippen molar-refractivity contribution in [2.45, 2.75) is 42.8 Å². The lowest BCUT2D eigenvalue weighted by molar-refractivity contribution is 0.0953. The van der Waals surface area contributed by atoms with Crippen molar-refractivity contribution in [3.63, 3.8) is 0 Å². The molecule has 0 spiro atoms. The highest BCUT2D eigenvalue weighted by atomic mass is 32.2. The number of nitrogens with two attached hydrogens (primary N) is 1. The molecule has 154 valence electrons. The van der Waals surface area contributed by atoms with E-state index < -0.39 is 0 Å². The Kier molecular flexibility index (Phi) is 5.97. The van der Waals surface area contributed by atoms with E-state index in [9.17, 15) is 0 Å². The van der Waals surface area contributed by atoms with Crippen LogP contribution < -0.4 is 10.6 Å². The van der Waals surface area contributed by atoms with Crippen LogP contribution in [0.1, 0.15) is 30.8 Å². The molecule has 1 aliphatic rings. The summed E-state index contributed by atoms with van der Waals surface area (Å²) in [6.07, 6.45) is 2.34. The van der Waals surface area contributed by atoms with Crippen molar-refractivity contribution >= 4 is 35.0 Å². The fourth-order valence-electron chi connectivity index (χ4n) is 3.11. The molecule has 11 heteroatoms. The zero-order chi connectivity index (χ0) is 20.4. The molecule has 0 amide bonds. The molecule has 2 N–H and O–H groups in total. The number of nitrogen functional groups attached to an aromatic ring is 1. The smallest absolute Gasteiger partial charge is 0.229 e. The standard InChI is InChI=1S/C18H24N8OS2/c1-11(14-20-16(19)22-17(21-14)25(2)3)29-18-24-23-15(13-7-5-9-28-13)26(18)10-12-6-4-8-27-12/h5,7,9,11-12H,4,6,8,10H2,1-3H3,(H2,19,20,21,22). The summed E-state index contributed by atoms with van der Waals surface area (Å²) >= 11 is 3.22. The molecule has 0 saturated carbocycles. The highest BCUT2D eigenvalue weighted by Gasteiger charge is 2.24. The van der Waals surface area contributed by atoms with E-state index in [2.05, 4.69) is 35.8 Å². The zero-order valence-electron chi connectivity index (χ0n) is 16.6. The predicted octanol–water partition coefficient (Wildman–Crippen LogP) is 2.87. The molecule has 3 aromatic heterocycles. The van der Waals surface area contributed by atoms with Crippen LogP contribution in [0.4, 0.5) is 11.9 Å². The molecule has 0 radical (unpaired) electrons. The summed E-state index contributed by atoms with van der Waals surface area (Å²) in [5.41, 5.74) is 5.89. The lowest BCUT2D eigenvalue weighted by Crippen LogP contribution is -2.17. The van der Waals surface area contributed by atoms with Crippen molar-refractivity contribution in [3.8, 4) is 10.7 Å². The minimum absolute atomic E-state index is 0.0670. The minimum Gasteiger partial charge on any atom is -0.376 e. The van der Waals surface area contributed by atoms with Crippen LogP contribution in [-0.4, -0.2) is 56.5 Å². The second kappa shape index (κ2) is 8.64. The highest BCUT2D eigenvalue weighted by molar-refractivity contribution is 7.99. The number of hydrogen-bond acceptors (Lipinski definition) is 10. The van der Waals surface area contributed by atoms with Crippen LogP contribution in [0.3, 0.4) is 0 Å². The number of rotatable bonds is 7. The van der Waals surface area contributed by atoms with Crippen molar-refractivity contribution in [2.75, 3.05) is 31.3 Å². The van der Waals surface area contributed by atoms with Crippen LogP contribution in [-0.2, 0) is 11.3 Å². The number of ether oxygens (including phenoxy) is 1. The van der Waals surface area contributed by atoms with E-state index in [0.29, 0.717) is 11.8 Å². The summed E-state index contributed by atoms with van der Waals surface area (Å²) in [5.74, 6) is 2.25. The second-order valence-electron chi connectivity index (χ2n) is 7.04. The molecule has 2 atom stereocenters. The van der Waals surface area contributed by atoms with Crippen molar-refractivity contribution in [1.82, 2.24) is 29.7 Å². The topological polar surface area (TPSA) is 108 Å². The Morgan fingerprint density at radius 1 is 1.34 bits per heavy atom. The Balaban J connectivity index is 1.62. The third-order valence-electron chi connectivity index (χ3n) is 4.57. The first-order chi connectivity index (χ1) is 14.0. The predicted molar refractivity (Wildman–Crippen MR) is 115 cm³/mol. The first-order valence-corrected chi connectivity index (χ1v) is 11.2. The fourth-order valence-corrected chi connectivity index (χ4v) is 4.73. The van der Waals surface area contributed by atoms with Crippen LogP contribution in [0, 0.1) is 0 Å². The van der Waals surface area contributed by atoms with Crippen LogP contribution in [0.5, 0.6) is 0 Å². The lowest BCUT2D eigenvalue weighted by Gasteiger charge is -2.17. The molecule has 4 rings (SSSR count). The van der Waals surface area contributed by atoms with Crippen molar-refractivity contribution in [3.05, 3.63) is 23.3 Å². The average molecular weight is 433 g/mol. The molecular formula is C18H24N8OS2. The number of hydrogen-bond donors (Lipinski definition) is 1. The van der Waals surface area contributed by atoms with Gasteiger partial charge in [0.25, 0.3) is 0 Å². The maximum Gasteiger partial charge on any atom is 0.229 e. The highest BCUT2D eigenvalue weighted by Crippen LogP contribution is 2.36. The van der Waals surface area contributed by atoms with E-state index in [1.165, 1.54) is 0 Å². The Labute approximate surface area is 177 Å². The van der Waals surface area contributed by atoms with Gasteiger partial charge in [0.2, 0.25) is 11.9 Å². The number of anilines is 2. The molecule has 4 heterocycles. The van der Waals surface area contributed by atoms with Crippen molar-refractivity contribution < 1.29 is 4.74 Å². The van der Waals surface area contributed by atoms with Gasteiger partial charge >= 0.3 is 0 Å². The molecule has 1 aliphatic heterocycles. The molecule has 2 unspecified atom stereocenters. The first kappa shape index (κ1) is 20.0. The van der Waals surface area contributed by atoms with Gasteiger partial charge in [-0.3, -0.25) is 4.57 Å². The van der Waals surface area contributed by atoms with E-state index >= 15 is 0 Å². The van der Waals surface area contributed by atoms with Crippen molar-refractivity contribution in [2.24, 2.45) is 0 Å². The summed E-state index contributed by atoms with van der Waals surface area (Å²) in [4.78, 5) is 15.9. The normalized spacial score (nSPS) is 17.6. The number of aromatic nitrogens is 6. The van der Waals surface area contributed by atoms with Crippen LogP contribution in [0.25, 0.3) is 10.7 Å². The van der Waals surface area contributed by atoms with Gasteiger partial charge in [0, 0.05) is 20.7 Å².